The summed E-state index contributed by atoms with van der Waals surface area (Å²) in [6, 6.07) is 4.09. The predicted molar refractivity (Wildman–Crippen MR) is 61.7 cm³/mol. The lowest BCUT2D eigenvalue weighted by Gasteiger charge is -2.05. The third kappa shape index (κ3) is 3.47. The summed E-state index contributed by atoms with van der Waals surface area (Å²) in [4.78, 5) is 11.6. The minimum absolute atomic E-state index is 0.209. The maximum Gasteiger partial charge on any atom is 0.251 e. The zero-order chi connectivity index (χ0) is 12.0. The lowest BCUT2D eigenvalue weighted by Crippen LogP contribution is -2.24. The summed E-state index contributed by atoms with van der Waals surface area (Å²) in [5.74, 6) is -0.545. The molecule has 0 fully saturated rings. The van der Waals surface area contributed by atoms with Crippen LogP contribution in [0.15, 0.2) is 30.4 Å². The molecule has 1 rings (SSSR count). The number of hydrogen-bond donors (Lipinski definition) is 2. The number of aryl methyl sites for hydroxylation is 1. The molecule has 0 aliphatic rings. The molecule has 0 spiro atoms. The van der Waals surface area contributed by atoms with Gasteiger partial charge < -0.3 is 11.1 Å². The first-order chi connectivity index (χ1) is 7.65. The standard InChI is InChI=1S/C12H15FN2O/c1-9-8-10(13)4-5-11(9)12(16)15-7-3-2-6-14/h2-5,8H,6-7,14H2,1H3,(H,15,16)/b3-2+. The Hall–Kier alpha value is -1.68. The van der Waals surface area contributed by atoms with E-state index in [0.717, 1.165) is 0 Å². The van der Waals surface area contributed by atoms with Crippen molar-refractivity contribution in [1.82, 2.24) is 5.32 Å². The average Bonchev–Trinajstić information content (AvgIpc) is 2.24. The molecule has 4 heteroatoms. The Kier molecular flexibility index (Phi) is 4.66. The monoisotopic (exact) mass is 222 g/mol. The highest BCUT2D eigenvalue weighted by Gasteiger charge is 2.07. The minimum atomic E-state index is -0.336. The maximum absolute atomic E-state index is 12.8. The smallest absolute Gasteiger partial charge is 0.251 e. The minimum Gasteiger partial charge on any atom is -0.349 e. The van der Waals surface area contributed by atoms with Crippen molar-refractivity contribution in [3.63, 3.8) is 0 Å². The molecule has 0 heterocycles. The van der Waals surface area contributed by atoms with Gasteiger partial charge in [0.05, 0.1) is 0 Å². The van der Waals surface area contributed by atoms with Crippen LogP contribution in [0.1, 0.15) is 15.9 Å². The van der Waals surface area contributed by atoms with Crippen LogP contribution in [0, 0.1) is 12.7 Å². The van der Waals surface area contributed by atoms with Crippen molar-refractivity contribution >= 4 is 5.91 Å². The molecule has 0 atom stereocenters. The van der Waals surface area contributed by atoms with E-state index in [1.165, 1.54) is 18.2 Å². The van der Waals surface area contributed by atoms with E-state index in [9.17, 15) is 9.18 Å². The SMILES string of the molecule is Cc1cc(F)ccc1C(=O)NC/C=C/CN. The number of rotatable bonds is 4. The summed E-state index contributed by atoms with van der Waals surface area (Å²) in [5.41, 5.74) is 6.37. The van der Waals surface area contributed by atoms with Crippen molar-refractivity contribution in [3.05, 3.63) is 47.3 Å². The van der Waals surface area contributed by atoms with Crippen LogP contribution in [0.4, 0.5) is 4.39 Å². The molecule has 1 aromatic rings. The van der Waals surface area contributed by atoms with E-state index >= 15 is 0 Å². The van der Waals surface area contributed by atoms with Gasteiger partial charge in [-0.05, 0) is 30.7 Å². The number of benzene rings is 1. The van der Waals surface area contributed by atoms with Gasteiger partial charge in [0.1, 0.15) is 5.82 Å². The molecule has 16 heavy (non-hydrogen) atoms. The molecular weight excluding hydrogens is 207 g/mol. The Morgan fingerprint density at radius 3 is 2.88 bits per heavy atom. The van der Waals surface area contributed by atoms with Crippen LogP contribution in [-0.4, -0.2) is 19.0 Å². The molecule has 3 N–H and O–H groups in total. The average molecular weight is 222 g/mol. The van der Waals surface area contributed by atoms with Gasteiger partial charge in [0.2, 0.25) is 0 Å². The van der Waals surface area contributed by atoms with E-state index in [2.05, 4.69) is 5.32 Å². The molecule has 0 aliphatic carbocycles. The molecule has 0 radical (unpaired) electrons. The molecule has 0 saturated heterocycles. The summed E-state index contributed by atoms with van der Waals surface area (Å²) < 4.78 is 12.8. The van der Waals surface area contributed by atoms with E-state index in [1.807, 2.05) is 0 Å². The van der Waals surface area contributed by atoms with Gasteiger partial charge >= 0.3 is 0 Å². The van der Waals surface area contributed by atoms with Gasteiger partial charge in [0, 0.05) is 18.7 Å². The summed E-state index contributed by atoms with van der Waals surface area (Å²) in [6.45, 7) is 2.58. The topological polar surface area (TPSA) is 55.1 Å². The number of carbonyl (C=O) groups excluding carboxylic acids is 1. The van der Waals surface area contributed by atoms with Crippen molar-refractivity contribution < 1.29 is 9.18 Å². The fourth-order valence-corrected chi connectivity index (χ4v) is 1.31. The number of amides is 1. The maximum atomic E-state index is 12.8. The highest BCUT2D eigenvalue weighted by molar-refractivity contribution is 5.95. The van der Waals surface area contributed by atoms with Gasteiger partial charge in [0.25, 0.3) is 5.91 Å². The molecule has 0 aromatic heterocycles. The Morgan fingerprint density at radius 2 is 2.25 bits per heavy atom. The zero-order valence-electron chi connectivity index (χ0n) is 9.16. The lowest BCUT2D eigenvalue weighted by atomic mass is 10.1. The Morgan fingerprint density at radius 1 is 1.50 bits per heavy atom. The van der Waals surface area contributed by atoms with Crippen molar-refractivity contribution in [1.29, 1.82) is 0 Å². The van der Waals surface area contributed by atoms with Gasteiger partial charge in [0.15, 0.2) is 0 Å². The molecule has 1 amide bonds. The quantitative estimate of drug-likeness (QED) is 0.756. The molecular formula is C12H15FN2O. The third-order valence-electron chi connectivity index (χ3n) is 2.12. The van der Waals surface area contributed by atoms with Crippen LogP contribution >= 0.6 is 0 Å². The molecule has 0 aliphatic heterocycles. The fraction of sp³-hybridized carbons (Fsp3) is 0.250. The van der Waals surface area contributed by atoms with Crippen LogP contribution in [0.25, 0.3) is 0 Å². The first-order valence-electron chi connectivity index (χ1n) is 5.04. The van der Waals surface area contributed by atoms with E-state index in [4.69, 9.17) is 5.73 Å². The lowest BCUT2D eigenvalue weighted by molar-refractivity contribution is 0.0957. The third-order valence-corrected chi connectivity index (χ3v) is 2.12. The molecule has 86 valence electrons. The van der Waals surface area contributed by atoms with E-state index in [-0.39, 0.29) is 11.7 Å². The second-order valence-corrected chi connectivity index (χ2v) is 3.38. The first kappa shape index (κ1) is 12.4. The number of hydrogen-bond acceptors (Lipinski definition) is 2. The summed E-state index contributed by atoms with van der Waals surface area (Å²) in [5, 5.41) is 2.69. The first-order valence-corrected chi connectivity index (χ1v) is 5.04. The number of halogens is 1. The van der Waals surface area contributed by atoms with Crippen LogP contribution in [0.3, 0.4) is 0 Å². The predicted octanol–water partition coefficient (Wildman–Crippen LogP) is 1.38. The fourth-order valence-electron chi connectivity index (χ4n) is 1.31. The van der Waals surface area contributed by atoms with Crippen molar-refractivity contribution in [2.75, 3.05) is 13.1 Å². The number of nitrogens with one attached hydrogen (secondary N) is 1. The summed E-state index contributed by atoms with van der Waals surface area (Å²) in [6.07, 6.45) is 3.54. The van der Waals surface area contributed by atoms with Crippen molar-refractivity contribution in [3.8, 4) is 0 Å². The normalized spacial score (nSPS) is 10.7. The molecule has 0 unspecified atom stereocenters. The second-order valence-electron chi connectivity index (χ2n) is 3.38. The number of carbonyl (C=O) groups is 1. The van der Waals surface area contributed by atoms with Crippen molar-refractivity contribution in [2.24, 2.45) is 5.73 Å². The van der Waals surface area contributed by atoms with E-state index in [0.29, 0.717) is 24.2 Å². The van der Waals surface area contributed by atoms with Crippen LogP contribution < -0.4 is 11.1 Å². The van der Waals surface area contributed by atoms with Crippen LogP contribution in [0.5, 0.6) is 0 Å². The second kappa shape index (κ2) is 6.02. The van der Waals surface area contributed by atoms with E-state index < -0.39 is 0 Å². The Labute approximate surface area is 94.1 Å². The molecule has 0 saturated carbocycles. The largest absolute Gasteiger partial charge is 0.349 e. The van der Waals surface area contributed by atoms with Gasteiger partial charge in [-0.1, -0.05) is 12.2 Å². The van der Waals surface area contributed by atoms with Crippen molar-refractivity contribution in [2.45, 2.75) is 6.92 Å². The van der Waals surface area contributed by atoms with Gasteiger partial charge in [-0.15, -0.1) is 0 Å². The van der Waals surface area contributed by atoms with Gasteiger partial charge in [-0.2, -0.15) is 0 Å². The van der Waals surface area contributed by atoms with Gasteiger partial charge in [-0.3, -0.25) is 4.79 Å². The van der Waals surface area contributed by atoms with Crippen LogP contribution in [-0.2, 0) is 0 Å². The van der Waals surface area contributed by atoms with E-state index in [1.54, 1.807) is 19.1 Å². The molecule has 0 bridgehead atoms. The molecule has 1 aromatic carbocycles. The zero-order valence-corrected chi connectivity index (χ0v) is 9.16. The highest BCUT2D eigenvalue weighted by atomic mass is 19.1. The Bertz CT molecular complexity index is 402. The van der Waals surface area contributed by atoms with Gasteiger partial charge in [-0.25, -0.2) is 4.39 Å². The number of nitrogens with two attached hydrogens (primary N) is 1. The summed E-state index contributed by atoms with van der Waals surface area (Å²) >= 11 is 0. The van der Waals surface area contributed by atoms with Crippen LogP contribution in [0.2, 0.25) is 0 Å². The summed E-state index contributed by atoms with van der Waals surface area (Å²) in [7, 11) is 0. The highest BCUT2D eigenvalue weighted by Crippen LogP contribution is 2.09. The Balaban J connectivity index is 2.63. The molecule has 3 nitrogen and oxygen atoms in total.